The molecule has 0 saturated heterocycles. The van der Waals surface area contributed by atoms with Crippen LogP contribution >= 0.6 is 0 Å². The highest BCUT2D eigenvalue weighted by Crippen LogP contribution is 2.36. The fraction of sp³-hybridized carbons (Fsp3) is 0.421. The molecule has 1 aliphatic rings. The van der Waals surface area contributed by atoms with Crippen LogP contribution in [0.15, 0.2) is 40.7 Å². The summed E-state index contributed by atoms with van der Waals surface area (Å²) >= 11 is 0. The molecule has 6 heteroatoms. The molecule has 1 atom stereocenters. The Morgan fingerprint density at radius 2 is 2.04 bits per heavy atom. The molecule has 1 unspecified atom stereocenters. The van der Waals surface area contributed by atoms with Gasteiger partial charge < -0.3 is 5.32 Å². The van der Waals surface area contributed by atoms with E-state index in [2.05, 4.69) is 31.4 Å². The van der Waals surface area contributed by atoms with Crippen LogP contribution in [0.1, 0.15) is 31.9 Å². The van der Waals surface area contributed by atoms with Crippen molar-refractivity contribution in [1.82, 2.24) is 15.3 Å². The van der Waals surface area contributed by atoms with Gasteiger partial charge in [-0.05, 0) is 12.1 Å². The molecule has 128 valence electrons. The minimum atomic E-state index is -0.354. The Morgan fingerprint density at radius 3 is 2.76 bits per heavy atom. The van der Waals surface area contributed by atoms with E-state index >= 15 is 0 Å². The van der Waals surface area contributed by atoms with E-state index in [0.29, 0.717) is 25.8 Å². The highest BCUT2D eigenvalue weighted by Gasteiger charge is 2.38. The maximum absolute atomic E-state index is 12.3. The molecule has 1 aliphatic heterocycles. The van der Waals surface area contributed by atoms with Crippen molar-refractivity contribution in [3.05, 3.63) is 36.2 Å². The van der Waals surface area contributed by atoms with Gasteiger partial charge >= 0.3 is 0 Å². The molecule has 2 heterocycles. The summed E-state index contributed by atoms with van der Waals surface area (Å²) in [6.45, 7) is 2.44. The van der Waals surface area contributed by atoms with Crippen molar-refractivity contribution in [3.63, 3.8) is 0 Å². The van der Waals surface area contributed by atoms with E-state index in [1.807, 2.05) is 31.2 Å². The molecule has 25 heavy (non-hydrogen) atoms. The zero-order valence-electron chi connectivity index (χ0n) is 14.3. The Kier molecular flexibility index (Phi) is 5.03. The summed E-state index contributed by atoms with van der Waals surface area (Å²) < 4.78 is 0. The molecule has 2 aromatic rings. The number of nitrogens with one attached hydrogen (secondary N) is 1. The lowest BCUT2D eigenvalue weighted by Gasteiger charge is -2.13. The second-order valence-electron chi connectivity index (χ2n) is 6.38. The van der Waals surface area contributed by atoms with Gasteiger partial charge in [0.05, 0.1) is 16.7 Å². The number of hydrogen-bond acceptors (Lipinski definition) is 5. The summed E-state index contributed by atoms with van der Waals surface area (Å²) in [5.41, 5.74) is 2.17. The van der Waals surface area contributed by atoms with E-state index in [0.717, 1.165) is 23.1 Å². The van der Waals surface area contributed by atoms with Gasteiger partial charge in [0.25, 0.3) is 0 Å². The Bertz CT molecular complexity index is 833. The number of hydrogen-bond donors (Lipinski definition) is 1. The summed E-state index contributed by atoms with van der Waals surface area (Å²) in [4.78, 5) is 21.2. The number of nitrogens with zero attached hydrogens (tertiary/aromatic N) is 4. The number of fused-ring (bicyclic) bond motifs is 1. The first-order valence-corrected chi connectivity index (χ1v) is 8.48. The van der Waals surface area contributed by atoms with E-state index in [1.54, 1.807) is 6.20 Å². The molecule has 0 aliphatic carbocycles. The number of amides is 1. The molecule has 1 N–H and O–H groups in total. The first kappa shape index (κ1) is 17.0. The summed E-state index contributed by atoms with van der Waals surface area (Å²) in [5.74, 6) is 2.43. The third-order valence-electron chi connectivity index (χ3n) is 4.34. The molecule has 0 fully saturated rings. The van der Waals surface area contributed by atoms with E-state index in [9.17, 15) is 4.79 Å². The van der Waals surface area contributed by atoms with Gasteiger partial charge in [-0.2, -0.15) is 10.2 Å². The average molecular weight is 335 g/mol. The Morgan fingerprint density at radius 1 is 1.28 bits per heavy atom. The van der Waals surface area contributed by atoms with Crippen molar-refractivity contribution in [3.8, 4) is 12.3 Å². The largest absolute Gasteiger partial charge is 0.356 e. The molecule has 1 amide bonds. The standard InChI is InChI=1S/C19H21N5O/c1-3-4-9-19(23-24-19)10-11-20-18(25)14(2)12-15-13-21-16-7-5-6-8-17(16)22-15/h1,5-8,13-14H,4,9-12H2,2H3,(H,20,25). The van der Waals surface area contributed by atoms with Gasteiger partial charge in [-0.15, -0.1) is 12.3 Å². The van der Waals surface area contributed by atoms with Crippen molar-refractivity contribution in [1.29, 1.82) is 0 Å². The maximum atomic E-state index is 12.3. The Balaban J connectivity index is 1.48. The lowest BCUT2D eigenvalue weighted by molar-refractivity contribution is -0.124. The normalized spacial score (nSPS) is 15.5. The quantitative estimate of drug-likeness (QED) is 0.753. The molecule has 0 bridgehead atoms. The molecule has 0 saturated carbocycles. The fourth-order valence-corrected chi connectivity index (χ4v) is 2.73. The number of carbonyl (C=O) groups excluding carboxylic acids is 1. The van der Waals surface area contributed by atoms with Crippen LogP contribution in [-0.2, 0) is 11.2 Å². The number of rotatable bonds is 8. The van der Waals surface area contributed by atoms with Crippen LogP contribution in [0.5, 0.6) is 0 Å². The molecule has 0 spiro atoms. The van der Waals surface area contributed by atoms with E-state index < -0.39 is 0 Å². The maximum Gasteiger partial charge on any atom is 0.223 e. The predicted octanol–water partition coefficient (Wildman–Crippen LogP) is 2.89. The molecule has 1 aromatic carbocycles. The molecular formula is C19H21N5O. The topological polar surface area (TPSA) is 79.6 Å². The van der Waals surface area contributed by atoms with Crippen molar-refractivity contribution in [2.24, 2.45) is 16.1 Å². The summed E-state index contributed by atoms with van der Waals surface area (Å²) in [7, 11) is 0. The van der Waals surface area contributed by atoms with E-state index in [1.165, 1.54) is 0 Å². The number of benzene rings is 1. The number of para-hydroxylation sites is 2. The van der Waals surface area contributed by atoms with Crippen LogP contribution in [0.4, 0.5) is 0 Å². The van der Waals surface area contributed by atoms with E-state index in [-0.39, 0.29) is 17.5 Å². The molecule has 1 aromatic heterocycles. The van der Waals surface area contributed by atoms with Gasteiger partial charge in [0, 0.05) is 44.3 Å². The van der Waals surface area contributed by atoms with Gasteiger partial charge in [0.2, 0.25) is 5.91 Å². The number of terminal acetylenes is 1. The third-order valence-corrected chi connectivity index (χ3v) is 4.34. The molecular weight excluding hydrogens is 314 g/mol. The average Bonchev–Trinajstić information content (AvgIpc) is 3.40. The third kappa shape index (κ3) is 4.38. The highest BCUT2D eigenvalue weighted by molar-refractivity contribution is 5.78. The zero-order valence-corrected chi connectivity index (χ0v) is 14.3. The van der Waals surface area contributed by atoms with Crippen LogP contribution in [-0.4, -0.2) is 28.1 Å². The molecule has 6 nitrogen and oxygen atoms in total. The predicted molar refractivity (Wildman–Crippen MR) is 95.7 cm³/mol. The highest BCUT2D eigenvalue weighted by atomic mass is 16.1. The van der Waals surface area contributed by atoms with Crippen molar-refractivity contribution in [2.45, 2.75) is 38.3 Å². The van der Waals surface area contributed by atoms with Crippen molar-refractivity contribution >= 4 is 16.9 Å². The minimum absolute atomic E-state index is 0.00251. The van der Waals surface area contributed by atoms with E-state index in [4.69, 9.17) is 6.42 Å². The van der Waals surface area contributed by atoms with Gasteiger partial charge in [-0.3, -0.25) is 9.78 Å². The van der Waals surface area contributed by atoms with Crippen LogP contribution in [0.2, 0.25) is 0 Å². The van der Waals surface area contributed by atoms with Crippen LogP contribution < -0.4 is 5.32 Å². The minimum Gasteiger partial charge on any atom is -0.356 e. The summed E-state index contributed by atoms with van der Waals surface area (Å²) in [6, 6.07) is 7.71. The summed E-state index contributed by atoms with van der Waals surface area (Å²) in [6.07, 6.45) is 9.67. The summed E-state index contributed by atoms with van der Waals surface area (Å²) in [5, 5.41) is 11.1. The Hall–Kier alpha value is -2.81. The van der Waals surface area contributed by atoms with Crippen molar-refractivity contribution in [2.75, 3.05) is 6.54 Å². The second kappa shape index (κ2) is 7.39. The lowest BCUT2D eigenvalue weighted by atomic mass is 10.0. The molecule has 3 rings (SSSR count). The second-order valence-corrected chi connectivity index (χ2v) is 6.38. The molecule has 0 radical (unpaired) electrons. The van der Waals surface area contributed by atoms with Crippen molar-refractivity contribution < 1.29 is 4.79 Å². The van der Waals surface area contributed by atoms with Gasteiger partial charge in [0.15, 0.2) is 5.66 Å². The Labute approximate surface area is 147 Å². The van der Waals surface area contributed by atoms with Crippen LogP contribution in [0.25, 0.3) is 11.0 Å². The van der Waals surface area contributed by atoms with Crippen LogP contribution in [0, 0.1) is 18.3 Å². The number of aromatic nitrogens is 2. The lowest BCUT2D eigenvalue weighted by Crippen LogP contribution is -2.33. The SMILES string of the molecule is C#CCCC1(CCNC(=O)C(C)Cc2cnc3ccccc3n2)N=N1. The number of carbonyl (C=O) groups is 1. The van der Waals surface area contributed by atoms with Crippen LogP contribution in [0.3, 0.4) is 0 Å². The van der Waals surface area contributed by atoms with Gasteiger partial charge in [0.1, 0.15) is 0 Å². The smallest absolute Gasteiger partial charge is 0.223 e. The first-order valence-electron chi connectivity index (χ1n) is 8.48. The fourth-order valence-electron chi connectivity index (χ4n) is 2.73. The zero-order chi connectivity index (χ0) is 17.7. The van der Waals surface area contributed by atoms with Gasteiger partial charge in [-0.1, -0.05) is 19.1 Å². The first-order chi connectivity index (χ1) is 12.1. The van der Waals surface area contributed by atoms with Gasteiger partial charge in [-0.25, -0.2) is 4.98 Å². The monoisotopic (exact) mass is 335 g/mol.